The minimum absolute atomic E-state index is 0.0324. The molecule has 0 amide bonds. The van der Waals surface area contributed by atoms with Gasteiger partial charge in [0.1, 0.15) is 18.1 Å². The van der Waals surface area contributed by atoms with Gasteiger partial charge in [0.05, 0.1) is 24.4 Å². The van der Waals surface area contributed by atoms with E-state index in [0.29, 0.717) is 30.0 Å². The zero-order chi connectivity index (χ0) is 22.2. The summed E-state index contributed by atoms with van der Waals surface area (Å²) in [6, 6.07) is 26.1. The van der Waals surface area contributed by atoms with E-state index in [-0.39, 0.29) is 5.78 Å². The van der Waals surface area contributed by atoms with Gasteiger partial charge in [0, 0.05) is 5.56 Å². The van der Waals surface area contributed by atoms with Crippen molar-refractivity contribution in [1.82, 2.24) is 15.0 Å². The van der Waals surface area contributed by atoms with Crippen LogP contribution in [0.3, 0.4) is 0 Å². The summed E-state index contributed by atoms with van der Waals surface area (Å²) in [4.78, 5) is 12.2. The Labute approximate surface area is 186 Å². The van der Waals surface area contributed by atoms with Crippen molar-refractivity contribution in [3.8, 4) is 11.8 Å². The van der Waals surface area contributed by atoms with Crippen LogP contribution in [0.2, 0.25) is 0 Å². The first kappa shape index (κ1) is 20.8. The van der Waals surface area contributed by atoms with E-state index in [4.69, 9.17) is 10.00 Å². The number of nitrogens with zero attached hydrogens (tertiary/aromatic N) is 4. The molecular weight excluding hydrogens is 400 g/mol. The third-order valence-corrected chi connectivity index (χ3v) is 4.77. The fourth-order valence-corrected chi connectivity index (χ4v) is 3.06. The van der Waals surface area contributed by atoms with Gasteiger partial charge < -0.3 is 4.74 Å². The summed E-state index contributed by atoms with van der Waals surface area (Å²) in [6.07, 6.45) is 5.19. The molecular formula is C26H20N4O2. The number of ketones is 1. The first-order valence-electron chi connectivity index (χ1n) is 10.1. The van der Waals surface area contributed by atoms with Gasteiger partial charge in [-0.1, -0.05) is 65.9 Å². The Balaban J connectivity index is 1.29. The molecule has 0 bridgehead atoms. The first-order valence-corrected chi connectivity index (χ1v) is 10.1. The normalized spacial score (nSPS) is 10.7. The SMILES string of the molecule is N#Cc1ccc(Cn2cc(COc3ccc(C=CC(=O)c4ccccc4)cc3)nn2)cc1. The summed E-state index contributed by atoms with van der Waals surface area (Å²) in [5.41, 5.74) is 3.96. The Morgan fingerprint density at radius 2 is 1.75 bits per heavy atom. The smallest absolute Gasteiger partial charge is 0.185 e. The predicted octanol–water partition coefficient (Wildman–Crippen LogP) is 4.67. The highest BCUT2D eigenvalue weighted by molar-refractivity contribution is 6.06. The molecule has 156 valence electrons. The number of ether oxygens (including phenoxy) is 1. The Bertz CT molecular complexity index is 1250. The summed E-state index contributed by atoms with van der Waals surface area (Å²) in [7, 11) is 0. The number of carbonyl (C=O) groups is 1. The van der Waals surface area contributed by atoms with E-state index < -0.39 is 0 Å². The van der Waals surface area contributed by atoms with Gasteiger partial charge >= 0.3 is 0 Å². The van der Waals surface area contributed by atoms with Crippen LogP contribution in [0.25, 0.3) is 6.08 Å². The number of benzene rings is 3. The molecule has 0 atom stereocenters. The molecule has 0 aliphatic heterocycles. The van der Waals surface area contributed by atoms with Crippen LogP contribution >= 0.6 is 0 Å². The maximum Gasteiger partial charge on any atom is 0.185 e. The molecule has 0 spiro atoms. The standard InChI is InChI=1S/C26H20N4O2/c27-16-21-6-8-22(9-7-21)17-30-18-24(28-29-30)19-32-25-13-10-20(11-14-25)12-15-26(31)23-4-2-1-3-5-23/h1-15,18H,17,19H2. The number of nitriles is 1. The Kier molecular flexibility index (Phi) is 6.49. The van der Waals surface area contributed by atoms with Gasteiger partial charge in [-0.25, -0.2) is 4.68 Å². The molecule has 1 heterocycles. The number of hydrogen-bond donors (Lipinski definition) is 0. The molecule has 32 heavy (non-hydrogen) atoms. The molecule has 0 radical (unpaired) electrons. The maximum atomic E-state index is 12.2. The van der Waals surface area contributed by atoms with Crippen molar-refractivity contribution >= 4 is 11.9 Å². The molecule has 0 saturated heterocycles. The Hall–Kier alpha value is -4.50. The minimum Gasteiger partial charge on any atom is -0.487 e. The Morgan fingerprint density at radius 3 is 2.47 bits per heavy atom. The first-order chi connectivity index (χ1) is 15.7. The van der Waals surface area contributed by atoms with Crippen molar-refractivity contribution in [2.24, 2.45) is 0 Å². The van der Waals surface area contributed by atoms with Gasteiger partial charge in [-0.3, -0.25) is 4.79 Å². The van der Waals surface area contributed by atoms with Crippen LogP contribution in [0.15, 0.2) is 91.1 Å². The van der Waals surface area contributed by atoms with Crippen LogP contribution in [-0.2, 0) is 13.2 Å². The molecule has 0 aliphatic carbocycles. The van der Waals surface area contributed by atoms with Crippen molar-refractivity contribution < 1.29 is 9.53 Å². The van der Waals surface area contributed by atoms with Crippen LogP contribution in [0.4, 0.5) is 0 Å². The van der Waals surface area contributed by atoms with Crippen molar-refractivity contribution in [3.63, 3.8) is 0 Å². The largest absolute Gasteiger partial charge is 0.487 e. The van der Waals surface area contributed by atoms with Gasteiger partial charge in [-0.15, -0.1) is 5.10 Å². The summed E-state index contributed by atoms with van der Waals surface area (Å²) >= 11 is 0. The third-order valence-electron chi connectivity index (χ3n) is 4.77. The molecule has 0 saturated carbocycles. The summed E-state index contributed by atoms with van der Waals surface area (Å²) in [6.45, 7) is 0.872. The van der Waals surface area contributed by atoms with E-state index in [0.717, 1.165) is 16.8 Å². The highest BCUT2D eigenvalue weighted by Gasteiger charge is 2.04. The quantitative estimate of drug-likeness (QED) is 0.306. The lowest BCUT2D eigenvalue weighted by molar-refractivity contribution is 0.104. The number of carbonyl (C=O) groups excluding carboxylic acids is 1. The van der Waals surface area contributed by atoms with Gasteiger partial charge in [0.2, 0.25) is 0 Å². The highest BCUT2D eigenvalue weighted by Crippen LogP contribution is 2.15. The molecule has 6 nitrogen and oxygen atoms in total. The summed E-state index contributed by atoms with van der Waals surface area (Å²) in [5.74, 6) is 0.674. The topological polar surface area (TPSA) is 80.8 Å². The van der Waals surface area contributed by atoms with Gasteiger partial charge in [-0.2, -0.15) is 5.26 Å². The second-order valence-electron chi connectivity index (χ2n) is 7.14. The molecule has 3 aromatic carbocycles. The molecule has 4 aromatic rings. The lowest BCUT2D eigenvalue weighted by atomic mass is 10.1. The molecule has 6 heteroatoms. The van der Waals surface area contributed by atoms with Crippen LogP contribution < -0.4 is 4.74 Å². The van der Waals surface area contributed by atoms with Gasteiger partial charge in [-0.05, 0) is 41.5 Å². The monoisotopic (exact) mass is 420 g/mol. The predicted molar refractivity (Wildman–Crippen MR) is 121 cm³/mol. The van der Waals surface area contributed by atoms with Gasteiger partial charge in [0.15, 0.2) is 5.78 Å². The molecule has 0 fully saturated rings. The number of allylic oxidation sites excluding steroid dienone is 1. The third kappa shape index (κ3) is 5.55. The molecule has 4 rings (SSSR count). The maximum absolute atomic E-state index is 12.2. The lowest BCUT2D eigenvalue weighted by Crippen LogP contribution is -2.00. The molecule has 0 aliphatic rings. The number of hydrogen-bond acceptors (Lipinski definition) is 5. The van der Waals surface area contributed by atoms with Crippen molar-refractivity contribution in [2.45, 2.75) is 13.2 Å². The van der Waals surface area contributed by atoms with Crippen LogP contribution in [-0.4, -0.2) is 20.8 Å². The van der Waals surface area contributed by atoms with Crippen molar-refractivity contribution in [2.75, 3.05) is 0 Å². The van der Waals surface area contributed by atoms with Crippen molar-refractivity contribution in [3.05, 3.63) is 119 Å². The molecule has 0 unspecified atom stereocenters. The van der Waals surface area contributed by atoms with Crippen LogP contribution in [0.5, 0.6) is 5.75 Å². The van der Waals surface area contributed by atoms with E-state index in [2.05, 4.69) is 16.4 Å². The molecule has 0 N–H and O–H groups in total. The van der Waals surface area contributed by atoms with Crippen molar-refractivity contribution in [1.29, 1.82) is 5.26 Å². The number of rotatable bonds is 8. The van der Waals surface area contributed by atoms with Crippen LogP contribution in [0, 0.1) is 11.3 Å². The lowest BCUT2D eigenvalue weighted by Gasteiger charge is -2.04. The summed E-state index contributed by atoms with van der Waals surface area (Å²) < 4.78 is 7.53. The number of aromatic nitrogens is 3. The van der Waals surface area contributed by atoms with E-state index >= 15 is 0 Å². The fraction of sp³-hybridized carbons (Fsp3) is 0.0769. The van der Waals surface area contributed by atoms with E-state index in [1.165, 1.54) is 0 Å². The fourth-order valence-electron chi connectivity index (χ4n) is 3.06. The van der Waals surface area contributed by atoms with E-state index in [9.17, 15) is 4.79 Å². The van der Waals surface area contributed by atoms with Crippen LogP contribution in [0.1, 0.15) is 32.7 Å². The summed E-state index contributed by atoms with van der Waals surface area (Å²) in [5, 5.41) is 17.1. The molecule has 1 aromatic heterocycles. The van der Waals surface area contributed by atoms with Gasteiger partial charge in [0.25, 0.3) is 0 Å². The second kappa shape index (κ2) is 10.0. The average Bonchev–Trinajstić information content (AvgIpc) is 3.30. The Morgan fingerprint density at radius 1 is 1.00 bits per heavy atom. The van der Waals surface area contributed by atoms with E-state index in [1.54, 1.807) is 41.1 Å². The zero-order valence-electron chi connectivity index (χ0n) is 17.3. The van der Waals surface area contributed by atoms with E-state index in [1.807, 2.05) is 60.8 Å². The second-order valence-corrected chi connectivity index (χ2v) is 7.14. The zero-order valence-corrected chi connectivity index (χ0v) is 17.3. The highest BCUT2D eigenvalue weighted by atomic mass is 16.5. The average molecular weight is 420 g/mol. The minimum atomic E-state index is -0.0324.